The topological polar surface area (TPSA) is 17.8 Å². The molecule has 1 aliphatic heterocycles. The Morgan fingerprint density at radius 1 is 0.829 bits per heavy atom. The van der Waals surface area contributed by atoms with Gasteiger partial charge in [-0.3, -0.25) is 4.98 Å². The number of hydrogen-bond acceptors (Lipinski definition) is 1. The van der Waals surface area contributed by atoms with Gasteiger partial charge in [0.15, 0.2) is 0 Å². The fraction of sp³-hybridized carbons (Fsp3) is 0.256. The van der Waals surface area contributed by atoms with Gasteiger partial charge >= 0.3 is 0 Å². The maximum atomic E-state index is 4.91. The van der Waals surface area contributed by atoms with Crippen LogP contribution in [0.15, 0.2) is 110 Å². The van der Waals surface area contributed by atoms with E-state index in [4.69, 9.17) is 11.6 Å². The largest absolute Gasteiger partial charge is 0.320 e. The molecule has 1 aliphatic rings. The molecule has 0 saturated carbocycles. The highest BCUT2D eigenvalue weighted by Gasteiger charge is 2.41. The summed E-state index contributed by atoms with van der Waals surface area (Å²) in [5.41, 5.74) is 13.2. The smallest absolute Gasteiger partial charge is 0.0705 e. The van der Waals surface area contributed by atoms with E-state index < -0.39 is 0 Å². The zero-order valence-electron chi connectivity index (χ0n) is 25.2. The summed E-state index contributed by atoms with van der Waals surface area (Å²) in [6.07, 6.45) is 5.32. The van der Waals surface area contributed by atoms with Crippen molar-refractivity contribution in [2.24, 2.45) is 0 Å². The van der Waals surface area contributed by atoms with Crippen LogP contribution >= 0.6 is 0 Å². The van der Waals surface area contributed by atoms with E-state index in [0.29, 0.717) is 0 Å². The normalized spacial score (nSPS) is 16.1. The average molecular weight is 537 g/mol. The number of hydrogen-bond donors (Lipinski definition) is 0. The number of allylic oxidation sites excluding steroid dienone is 1. The van der Waals surface area contributed by atoms with E-state index in [1.165, 1.54) is 50.2 Å². The number of fused-ring (bicyclic) bond motifs is 3. The lowest BCUT2D eigenvalue weighted by molar-refractivity contribution is 0.476. The standard InChI is InChI=1S/C39H40N2/c1-8-27-18-21-35(40-24-27)31-16-12-13-17-32(31)37-26(2)41-25-30(38(3,4)5)23-36(41)33-22-29(28-14-10-9-11-15-28)19-20-34(33)39(37,6)7/h9-25,37H,2,8H2,1,3-7H3/t37-/m1/s1. The molecule has 0 saturated heterocycles. The van der Waals surface area contributed by atoms with E-state index in [1.807, 2.05) is 6.20 Å². The lowest BCUT2D eigenvalue weighted by Crippen LogP contribution is -2.28. The highest BCUT2D eigenvalue weighted by Crippen LogP contribution is 2.53. The Labute approximate surface area is 245 Å². The number of nitrogens with zero attached hydrogens (tertiary/aromatic N) is 2. The van der Waals surface area contributed by atoms with Gasteiger partial charge < -0.3 is 4.57 Å². The Balaban J connectivity index is 1.61. The second-order valence-corrected chi connectivity index (χ2v) is 13.0. The SMILES string of the molecule is C=C1[C@H](c2ccccc2-c2ccc(CC)cn2)C(C)(C)c2ccc(-c3ccccc3)cc2-c2cc(C(C)(C)C)cn21. The van der Waals surface area contributed by atoms with E-state index in [9.17, 15) is 0 Å². The van der Waals surface area contributed by atoms with Crippen LogP contribution in [0.2, 0.25) is 0 Å². The summed E-state index contributed by atoms with van der Waals surface area (Å²) in [6, 6.07) is 33.2. The molecule has 0 fully saturated rings. The third-order valence-corrected chi connectivity index (χ3v) is 8.93. The van der Waals surface area contributed by atoms with Gasteiger partial charge in [0.05, 0.1) is 11.4 Å². The van der Waals surface area contributed by atoms with Gasteiger partial charge in [-0.15, -0.1) is 0 Å². The molecule has 2 aromatic heterocycles. The maximum Gasteiger partial charge on any atom is 0.0705 e. The zero-order chi connectivity index (χ0) is 28.9. The zero-order valence-corrected chi connectivity index (χ0v) is 25.2. The monoisotopic (exact) mass is 536 g/mol. The number of pyridine rings is 1. The Hall–Kier alpha value is -4.17. The minimum absolute atomic E-state index is 0.0184. The highest BCUT2D eigenvalue weighted by atomic mass is 15.0. The molecule has 2 heteroatoms. The molecule has 206 valence electrons. The summed E-state index contributed by atoms with van der Waals surface area (Å²) in [7, 11) is 0. The fourth-order valence-electron chi connectivity index (χ4n) is 6.50. The van der Waals surface area contributed by atoms with E-state index >= 15 is 0 Å². The highest BCUT2D eigenvalue weighted by molar-refractivity contribution is 5.82. The van der Waals surface area contributed by atoms with Gasteiger partial charge in [-0.1, -0.05) is 121 Å². The summed E-state index contributed by atoms with van der Waals surface area (Å²) in [6.45, 7) is 18.6. The van der Waals surface area contributed by atoms with Gasteiger partial charge in [0, 0.05) is 40.6 Å². The minimum atomic E-state index is -0.234. The molecule has 1 atom stereocenters. The first-order chi connectivity index (χ1) is 19.6. The van der Waals surface area contributed by atoms with Crippen molar-refractivity contribution in [3.05, 3.63) is 132 Å². The first-order valence-corrected chi connectivity index (χ1v) is 14.8. The van der Waals surface area contributed by atoms with E-state index in [1.54, 1.807) is 0 Å². The minimum Gasteiger partial charge on any atom is -0.320 e. The van der Waals surface area contributed by atoms with Crippen molar-refractivity contribution < 1.29 is 0 Å². The van der Waals surface area contributed by atoms with E-state index in [0.717, 1.165) is 17.8 Å². The van der Waals surface area contributed by atoms with Crippen molar-refractivity contribution in [3.8, 4) is 33.6 Å². The molecule has 41 heavy (non-hydrogen) atoms. The van der Waals surface area contributed by atoms with Crippen LogP contribution in [0.3, 0.4) is 0 Å². The molecule has 0 N–H and O–H groups in total. The Morgan fingerprint density at radius 2 is 1.56 bits per heavy atom. The van der Waals surface area contributed by atoms with Crippen LogP contribution < -0.4 is 0 Å². The van der Waals surface area contributed by atoms with Crippen LogP contribution in [0.5, 0.6) is 0 Å². The Kier molecular flexibility index (Phi) is 6.61. The van der Waals surface area contributed by atoms with Crippen molar-refractivity contribution in [3.63, 3.8) is 0 Å². The molecule has 0 amide bonds. The quantitative estimate of drug-likeness (QED) is 0.223. The molecule has 3 aromatic carbocycles. The summed E-state index contributed by atoms with van der Waals surface area (Å²) >= 11 is 0. The summed E-state index contributed by atoms with van der Waals surface area (Å²) in [5.74, 6) is 0.0362. The van der Waals surface area contributed by atoms with Crippen molar-refractivity contribution in [2.75, 3.05) is 0 Å². The van der Waals surface area contributed by atoms with E-state index in [2.05, 4.69) is 143 Å². The number of rotatable bonds is 4. The molecule has 0 radical (unpaired) electrons. The van der Waals surface area contributed by atoms with Crippen molar-refractivity contribution in [1.29, 1.82) is 0 Å². The van der Waals surface area contributed by atoms with Crippen LogP contribution in [0.25, 0.3) is 39.3 Å². The molecular weight excluding hydrogens is 496 g/mol. The van der Waals surface area contributed by atoms with Crippen LogP contribution in [-0.4, -0.2) is 9.55 Å². The van der Waals surface area contributed by atoms with Crippen molar-refractivity contribution in [2.45, 2.75) is 64.7 Å². The van der Waals surface area contributed by atoms with Gasteiger partial charge in [0.25, 0.3) is 0 Å². The first-order valence-electron chi connectivity index (χ1n) is 14.8. The molecule has 0 aliphatic carbocycles. The molecular formula is C39H40N2. The second-order valence-electron chi connectivity index (χ2n) is 13.0. The summed E-state index contributed by atoms with van der Waals surface area (Å²) in [4.78, 5) is 4.91. The van der Waals surface area contributed by atoms with Crippen LogP contribution in [0, 0.1) is 0 Å². The maximum absolute atomic E-state index is 4.91. The van der Waals surface area contributed by atoms with Crippen molar-refractivity contribution >= 4 is 5.70 Å². The average Bonchev–Trinajstić information content (AvgIpc) is 3.42. The van der Waals surface area contributed by atoms with Gasteiger partial charge in [-0.05, 0) is 63.4 Å². The van der Waals surface area contributed by atoms with Gasteiger partial charge in [0.1, 0.15) is 0 Å². The van der Waals surface area contributed by atoms with Crippen LogP contribution in [0.1, 0.15) is 69.7 Å². The number of benzene rings is 3. The van der Waals surface area contributed by atoms with Gasteiger partial charge in [0.2, 0.25) is 0 Å². The molecule has 5 aromatic rings. The fourth-order valence-corrected chi connectivity index (χ4v) is 6.50. The lowest BCUT2D eigenvalue weighted by atomic mass is 9.67. The second kappa shape index (κ2) is 10.0. The molecule has 3 heterocycles. The van der Waals surface area contributed by atoms with Crippen molar-refractivity contribution in [1.82, 2.24) is 9.55 Å². The summed E-state index contributed by atoms with van der Waals surface area (Å²) in [5, 5.41) is 0. The lowest BCUT2D eigenvalue weighted by Gasteiger charge is -2.37. The molecule has 0 bridgehead atoms. The Morgan fingerprint density at radius 3 is 2.24 bits per heavy atom. The summed E-state index contributed by atoms with van der Waals surface area (Å²) < 4.78 is 2.37. The van der Waals surface area contributed by atoms with Gasteiger partial charge in [-0.2, -0.15) is 0 Å². The third kappa shape index (κ3) is 4.66. The predicted molar refractivity (Wildman–Crippen MR) is 174 cm³/mol. The Bertz CT molecular complexity index is 1730. The molecule has 0 unspecified atom stereocenters. The third-order valence-electron chi connectivity index (χ3n) is 8.93. The molecule has 2 nitrogen and oxygen atoms in total. The van der Waals surface area contributed by atoms with E-state index in [-0.39, 0.29) is 16.7 Å². The molecule has 0 spiro atoms. The number of aromatic nitrogens is 2. The number of aryl methyl sites for hydroxylation is 1. The first kappa shape index (κ1) is 27.0. The molecule has 6 rings (SSSR count). The predicted octanol–water partition coefficient (Wildman–Crippen LogP) is 10.3. The van der Waals surface area contributed by atoms with Crippen LogP contribution in [0.4, 0.5) is 0 Å². The van der Waals surface area contributed by atoms with Gasteiger partial charge in [-0.25, -0.2) is 0 Å². The van der Waals surface area contributed by atoms with Crippen LogP contribution in [-0.2, 0) is 17.3 Å².